The van der Waals surface area contributed by atoms with E-state index in [-0.39, 0.29) is 0 Å². The van der Waals surface area contributed by atoms with Crippen LogP contribution in [0.1, 0.15) is 43.4 Å². The van der Waals surface area contributed by atoms with Gasteiger partial charge < -0.3 is 4.90 Å². The van der Waals surface area contributed by atoms with E-state index in [0.29, 0.717) is 11.9 Å². The fourth-order valence-electron chi connectivity index (χ4n) is 2.67. The second-order valence-electron chi connectivity index (χ2n) is 4.99. The van der Waals surface area contributed by atoms with Crippen LogP contribution in [-0.4, -0.2) is 18.1 Å². The third-order valence-electron chi connectivity index (χ3n) is 3.75. The molecule has 1 saturated carbocycles. The van der Waals surface area contributed by atoms with Crippen LogP contribution in [0.4, 0.5) is 5.69 Å². The van der Waals surface area contributed by atoms with Gasteiger partial charge in [-0.15, -0.1) is 11.6 Å². The number of aryl methyl sites for hydroxylation is 1. The first-order valence-electron chi connectivity index (χ1n) is 6.46. The highest BCUT2D eigenvalue weighted by Gasteiger charge is 2.20. The van der Waals surface area contributed by atoms with Crippen molar-refractivity contribution in [2.75, 3.05) is 11.9 Å². The number of pyridine rings is 1. The number of hydrogen-bond acceptors (Lipinski definition) is 2. The molecule has 0 amide bonds. The Morgan fingerprint density at radius 2 is 2.06 bits per heavy atom. The first-order valence-corrected chi connectivity index (χ1v) is 7.00. The minimum Gasteiger partial charge on any atom is -0.371 e. The summed E-state index contributed by atoms with van der Waals surface area (Å²) in [6.07, 6.45) is 8.63. The van der Waals surface area contributed by atoms with Gasteiger partial charge in [-0.05, 0) is 25.8 Å². The SMILES string of the molecule is Cc1cc(N(C)C2CCCCC2)c(CCl)cn1. The molecule has 0 unspecified atom stereocenters. The number of hydrogen-bond donors (Lipinski definition) is 0. The van der Waals surface area contributed by atoms with Crippen LogP contribution in [-0.2, 0) is 5.88 Å². The first kappa shape index (κ1) is 12.7. The quantitative estimate of drug-likeness (QED) is 0.759. The maximum atomic E-state index is 6.00. The maximum absolute atomic E-state index is 6.00. The van der Waals surface area contributed by atoms with Gasteiger partial charge in [-0.25, -0.2) is 0 Å². The summed E-state index contributed by atoms with van der Waals surface area (Å²) >= 11 is 6.00. The van der Waals surface area contributed by atoms with Crippen LogP contribution in [0.25, 0.3) is 0 Å². The predicted molar refractivity (Wildman–Crippen MR) is 73.8 cm³/mol. The second kappa shape index (κ2) is 5.72. The number of rotatable bonds is 3. The summed E-state index contributed by atoms with van der Waals surface area (Å²) < 4.78 is 0. The lowest BCUT2D eigenvalue weighted by atomic mass is 9.94. The van der Waals surface area contributed by atoms with Crippen molar-refractivity contribution in [1.29, 1.82) is 0 Å². The van der Waals surface area contributed by atoms with Crippen LogP contribution >= 0.6 is 11.6 Å². The predicted octanol–water partition coefficient (Wildman–Crippen LogP) is 3.90. The lowest BCUT2D eigenvalue weighted by molar-refractivity contribution is 0.427. The standard InChI is InChI=1S/C14H21ClN2/c1-11-8-14(12(9-15)10-16-11)17(2)13-6-4-3-5-7-13/h8,10,13H,3-7,9H2,1-2H3. The first-order chi connectivity index (χ1) is 8.22. The summed E-state index contributed by atoms with van der Waals surface area (Å²) in [6, 6.07) is 2.83. The topological polar surface area (TPSA) is 16.1 Å². The van der Waals surface area contributed by atoms with Crippen molar-refractivity contribution >= 4 is 17.3 Å². The maximum Gasteiger partial charge on any atom is 0.0509 e. The Kier molecular flexibility index (Phi) is 4.27. The van der Waals surface area contributed by atoms with E-state index in [2.05, 4.69) is 23.0 Å². The van der Waals surface area contributed by atoms with E-state index in [0.717, 1.165) is 11.3 Å². The summed E-state index contributed by atoms with van der Waals surface area (Å²) in [4.78, 5) is 6.74. The van der Waals surface area contributed by atoms with Crippen molar-refractivity contribution in [3.05, 3.63) is 23.5 Å². The van der Waals surface area contributed by atoms with Gasteiger partial charge in [0, 0.05) is 36.2 Å². The summed E-state index contributed by atoms with van der Waals surface area (Å²) in [7, 11) is 2.20. The van der Waals surface area contributed by atoms with Crippen LogP contribution < -0.4 is 4.90 Å². The normalized spacial score (nSPS) is 17.1. The van der Waals surface area contributed by atoms with Crippen molar-refractivity contribution in [3.8, 4) is 0 Å². The molecule has 0 spiro atoms. The molecule has 1 aromatic rings. The number of aromatic nitrogens is 1. The number of nitrogens with zero attached hydrogens (tertiary/aromatic N) is 2. The number of halogens is 1. The van der Waals surface area contributed by atoms with Crippen LogP contribution in [0.5, 0.6) is 0 Å². The molecule has 1 heterocycles. The molecule has 0 aliphatic heterocycles. The monoisotopic (exact) mass is 252 g/mol. The van der Waals surface area contributed by atoms with Crippen molar-refractivity contribution in [3.63, 3.8) is 0 Å². The molecule has 1 fully saturated rings. The van der Waals surface area contributed by atoms with Crippen molar-refractivity contribution in [2.24, 2.45) is 0 Å². The van der Waals surface area contributed by atoms with E-state index in [1.54, 1.807) is 0 Å². The lowest BCUT2D eigenvalue weighted by Gasteiger charge is -2.34. The molecule has 3 heteroatoms. The van der Waals surface area contributed by atoms with Crippen LogP contribution in [0.15, 0.2) is 12.3 Å². The Hall–Kier alpha value is -0.760. The average Bonchev–Trinajstić information content (AvgIpc) is 2.39. The molecular formula is C14H21ClN2. The zero-order chi connectivity index (χ0) is 12.3. The Bertz CT molecular complexity index is 372. The zero-order valence-electron chi connectivity index (χ0n) is 10.7. The Morgan fingerprint density at radius 3 is 2.71 bits per heavy atom. The summed E-state index contributed by atoms with van der Waals surface area (Å²) in [5, 5.41) is 0. The van der Waals surface area contributed by atoms with E-state index in [9.17, 15) is 0 Å². The smallest absolute Gasteiger partial charge is 0.0509 e. The molecule has 0 bridgehead atoms. The summed E-state index contributed by atoms with van der Waals surface area (Å²) in [6.45, 7) is 2.04. The summed E-state index contributed by atoms with van der Waals surface area (Å²) in [5.74, 6) is 0.541. The largest absolute Gasteiger partial charge is 0.371 e. The molecular weight excluding hydrogens is 232 g/mol. The van der Waals surface area contributed by atoms with Crippen molar-refractivity contribution < 1.29 is 0 Å². The van der Waals surface area contributed by atoms with E-state index < -0.39 is 0 Å². The molecule has 2 rings (SSSR count). The molecule has 0 saturated heterocycles. The molecule has 17 heavy (non-hydrogen) atoms. The molecule has 0 aromatic carbocycles. The van der Waals surface area contributed by atoms with Gasteiger partial charge in [-0.3, -0.25) is 4.98 Å². The van der Waals surface area contributed by atoms with E-state index in [1.807, 2.05) is 13.1 Å². The minimum atomic E-state index is 0.541. The van der Waals surface area contributed by atoms with E-state index >= 15 is 0 Å². The van der Waals surface area contributed by atoms with Crippen LogP contribution in [0.2, 0.25) is 0 Å². The van der Waals surface area contributed by atoms with E-state index in [4.69, 9.17) is 11.6 Å². The van der Waals surface area contributed by atoms with Crippen LogP contribution in [0.3, 0.4) is 0 Å². The summed E-state index contributed by atoms with van der Waals surface area (Å²) in [5.41, 5.74) is 3.47. The van der Waals surface area contributed by atoms with Crippen molar-refractivity contribution in [1.82, 2.24) is 4.98 Å². The van der Waals surface area contributed by atoms with Crippen LogP contribution in [0, 0.1) is 6.92 Å². The van der Waals surface area contributed by atoms with E-state index in [1.165, 1.54) is 37.8 Å². The van der Waals surface area contributed by atoms with Gasteiger partial charge in [0.15, 0.2) is 0 Å². The fourth-order valence-corrected chi connectivity index (χ4v) is 2.88. The van der Waals surface area contributed by atoms with Gasteiger partial charge in [0.2, 0.25) is 0 Å². The molecule has 0 atom stereocenters. The second-order valence-corrected chi connectivity index (χ2v) is 5.26. The molecule has 94 valence electrons. The van der Waals surface area contributed by atoms with Gasteiger partial charge in [0.1, 0.15) is 0 Å². The highest BCUT2D eigenvalue weighted by Crippen LogP contribution is 2.29. The van der Waals surface area contributed by atoms with Gasteiger partial charge >= 0.3 is 0 Å². The van der Waals surface area contributed by atoms with Crippen molar-refractivity contribution in [2.45, 2.75) is 50.9 Å². The Morgan fingerprint density at radius 1 is 1.35 bits per heavy atom. The number of anilines is 1. The molecule has 0 N–H and O–H groups in total. The third kappa shape index (κ3) is 2.92. The molecule has 1 aliphatic rings. The highest BCUT2D eigenvalue weighted by atomic mass is 35.5. The Labute approximate surface area is 109 Å². The van der Waals surface area contributed by atoms with Gasteiger partial charge in [-0.1, -0.05) is 19.3 Å². The van der Waals surface area contributed by atoms with Gasteiger partial charge in [0.05, 0.1) is 5.88 Å². The number of alkyl halides is 1. The average molecular weight is 253 g/mol. The van der Waals surface area contributed by atoms with Gasteiger partial charge in [0.25, 0.3) is 0 Å². The third-order valence-corrected chi connectivity index (χ3v) is 4.03. The molecule has 1 aliphatic carbocycles. The van der Waals surface area contributed by atoms with Gasteiger partial charge in [-0.2, -0.15) is 0 Å². The Balaban J connectivity index is 2.21. The fraction of sp³-hybridized carbons (Fsp3) is 0.643. The highest BCUT2D eigenvalue weighted by molar-refractivity contribution is 6.17. The molecule has 0 radical (unpaired) electrons. The molecule has 1 aromatic heterocycles. The lowest BCUT2D eigenvalue weighted by Crippen LogP contribution is -2.34. The molecule has 2 nitrogen and oxygen atoms in total. The minimum absolute atomic E-state index is 0.541. The zero-order valence-corrected chi connectivity index (χ0v) is 11.5.